The second-order valence-electron chi connectivity index (χ2n) is 5.77. The zero-order chi connectivity index (χ0) is 18.4. The van der Waals surface area contributed by atoms with Gasteiger partial charge in [0.05, 0.1) is 10.7 Å². The molecule has 132 valence electrons. The molecule has 0 aliphatic rings. The number of hydrogen-bond donors (Lipinski definition) is 1. The second kappa shape index (κ2) is 8.63. The topological polar surface area (TPSA) is 50.7 Å². The van der Waals surface area contributed by atoms with Crippen molar-refractivity contribution in [2.75, 3.05) is 6.61 Å². The number of rotatable bonds is 6. The lowest BCUT2D eigenvalue weighted by Gasteiger charge is -2.08. The Bertz CT molecular complexity index is 948. The van der Waals surface area contributed by atoms with Gasteiger partial charge in [-0.25, -0.2) is 5.43 Å². The third kappa shape index (κ3) is 4.49. The van der Waals surface area contributed by atoms with E-state index in [4.69, 9.17) is 4.74 Å². The van der Waals surface area contributed by atoms with Crippen molar-refractivity contribution < 1.29 is 9.53 Å². The van der Waals surface area contributed by atoms with Gasteiger partial charge in [0.2, 0.25) is 0 Å². The van der Waals surface area contributed by atoms with Gasteiger partial charge in [0.15, 0.2) is 6.61 Å². The van der Waals surface area contributed by atoms with Crippen LogP contribution in [0.4, 0.5) is 0 Å². The summed E-state index contributed by atoms with van der Waals surface area (Å²) in [4.78, 5) is 11.9. The quantitative estimate of drug-likeness (QED) is 0.473. The third-order valence-corrected chi connectivity index (χ3v) is 4.60. The summed E-state index contributed by atoms with van der Waals surface area (Å²) in [5.74, 6) is 0.323. The lowest BCUT2D eigenvalue weighted by atomic mass is 10.1. The number of amides is 1. The Labute approximate surface area is 161 Å². The Hall–Kier alpha value is -2.66. The van der Waals surface area contributed by atoms with Crippen LogP contribution >= 0.6 is 15.9 Å². The number of aryl methyl sites for hydroxylation is 1. The highest BCUT2D eigenvalue weighted by Gasteiger charge is 2.06. The molecule has 0 radical (unpaired) electrons. The van der Waals surface area contributed by atoms with Gasteiger partial charge >= 0.3 is 0 Å². The van der Waals surface area contributed by atoms with Gasteiger partial charge in [-0.2, -0.15) is 5.10 Å². The van der Waals surface area contributed by atoms with E-state index < -0.39 is 0 Å². The monoisotopic (exact) mass is 410 g/mol. The van der Waals surface area contributed by atoms with Crippen LogP contribution < -0.4 is 10.2 Å². The number of carbonyl (C=O) groups excluding carboxylic acids is 1. The van der Waals surface area contributed by atoms with Crippen LogP contribution in [0.3, 0.4) is 0 Å². The van der Waals surface area contributed by atoms with Crippen LogP contribution in [0.1, 0.15) is 18.1 Å². The van der Waals surface area contributed by atoms with Crippen LogP contribution in [0.15, 0.2) is 70.2 Å². The highest BCUT2D eigenvalue weighted by molar-refractivity contribution is 9.10. The molecule has 0 fully saturated rings. The SMILES string of the molecule is CCc1ccc(OCC(=O)N/N=C/c2cccc3ccccc23)c(Br)c1. The van der Waals surface area contributed by atoms with E-state index in [-0.39, 0.29) is 12.5 Å². The summed E-state index contributed by atoms with van der Waals surface area (Å²) in [6, 6.07) is 19.8. The maximum absolute atomic E-state index is 11.9. The van der Waals surface area contributed by atoms with Crippen LogP contribution in [-0.2, 0) is 11.2 Å². The fraction of sp³-hybridized carbons (Fsp3) is 0.143. The number of ether oxygens (including phenoxy) is 1. The van der Waals surface area contributed by atoms with Gasteiger partial charge in [-0.1, -0.05) is 55.5 Å². The fourth-order valence-electron chi connectivity index (χ4n) is 2.59. The molecule has 1 N–H and O–H groups in total. The molecule has 5 heteroatoms. The Morgan fingerprint density at radius 2 is 1.96 bits per heavy atom. The van der Waals surface area contributed by atoms with E-state index in [2.05, 4.69) is 33.4 Å². The molecule has 26 heavy (non-hydrogen) atoms. The molecule has 0 saturated heterocycles. The molecule has 0 heterocycles. The van der Waals surface area contributed by atoms with Crippen molar-refractivity contribution >= 4 is 38.8 Å². The summed E-state index contributed by atoms with van der Waals surface area (Å²) in [6.45, 7) is 1.99. The number of hydrogen-bond acceptors (Lipinski definition) is 3. The van der Waals surface area contributed by atoms with Gasteiger partial charge in [0.1, 0.15) is 5.75 Å². The molecule has 0 saturated carbocycles. The lowest BCUT2D eigenvalue weighted by molar-refractivity contribution is -0.123. The van der Waals surface area contributed by atoms with Gasteiger partial charge in [-0.05, 0) is 50.8 Å². The minimum absolute atomic E-state index is 0.100. The van der Waals surface area contributed by atoms with Crippen molar-refractivity contribution in [3.05, 3.63) is 76.3 Å². The standard InChI is InChI=1S/C21H19BrN2O2/c1-2-15-10-11-20(19(22)12-15)26-14-21(25)24-23-13-17-8-5-7-16-6-3-4-9-18(16)17/h3-13H,2,14H2,1H3,(H,24,25)/b23-13+. The summed E-state index contributed by atoms with van der Waals surface area (Å²) in [6.07, 6.45) is 2.59. The largest absolute Gasteiger partial charge is 0.483 e. The number of nitrogens with zero attached hydrogens (tertiary/aromatic N) is 1. The summed E-state index contributed by atoms with van der Waals surface area (Å²) < 4.78 is 6.38. The van der Waals surface area contributed by atoms with Crippen LogP contribution in [-0.4, -0.2) is 18.7 Å². The number of nitrogens with one attached hydrogen (secondary N) is 1. The Morgan fingerprint density at radius 3 is 2.77 bits per heavy atom. The average molecular weight is 411 g/mol. The maximum atomic E-state index is 11.9. The Kier molecular flexibility index (Phi) is 6.02. The van der Waals surface area contributed by atoms with Gasteiger partial charge in [0, 0.05) is 5.56 Å². The van der Waals surface area contributed by atoms with E-state index in [1.165, 1.54) is 5.56 Å². The van der Waals surface area contributed by atoms with Crippen LogP contribution in [0.2, 0.25) is 0 Å². The van der Waals surface area contributed by atoms with E-state index in [0.717, 1.165) is 27.2 Å². The Morgan fingerprint density at radius 1 is 1.15 bits per heavy atom. The first-order chi connectivity index (χ1) is 12.7. The average Bonchev–Trinajstić information content (AvgIpc) is 2.67. The first kappa shape index (κ1) is 18.1. The van der Waals surface area contributed by atoms with Gasteiger partial charge < -0.3 is 4.74 Å². The van der Waals surface area contributed by atoms with Crippen molar-refractivity contribution in [1.82, 2.24) is 5.43 Å². The molecule has 0 atom stereocenters. The summed E-state index contributed by atoms with van der Waals surface area (Å²) >= 11 is 3.46. The molecule has 3 aromatic carbocycles. The third-order valence-electron chi connectivity index (χ3n) is 3.98. The fourth-order valence-corrected chi connectivity index (χ4v) is 3.13. The molecule has 0 aliphatic carbocycles. The summed E-state index contributed by atoms with van der Waals surface area (Å²) in [5, 5.41) is 6.26. The van der Waals surface area contributed by atoms with Crippen molar-refractivity contribution in [2.45, 2.75) is 13.3 Å². The van der Waals surface area contributed by atoms with E-state index in [0.29, 0.717) is 5.75 Å². The lowest BCUT2D eigenvalue weighted by Crippen LogP contribution is -2.24. The number of carbonyl (C=O) groups is 1. The zero-order valence-electron chi connectivity index (χ0n) is 14.4. The van der Waals surface area contributed by atoms with E-state index in [1.807, 2.05) is 60.7 Å². The van der Waals surface area contributed by atoms with E-state index >= 15 is 0 Å². The van der Waals surface area contributed by atoms with Gasteiger partial charge in [0.25, 0.3) is 5.91 Å². The molecular weight excluding hydrogens is 392 g/mol. The molecular formula is C21H19BrN2O2. The van der Waals surface area contributed by atoms with Gasteiger partial charge in [-0.15, -0.1) is 0 Å². The van der Waals surface area contributed by atoms with Crippen LogP contribution in [0.5, 0.6) is 5.75 Å². The Balaban J connectivity index is 1.58. The van der Waals surface area contributed by atoms with Crippen LogP contribution in [0.25, 0.3) is 10.8 Å². The summed E-state index contributed by atoms with van der Waals surface area (Å²) in [5.41, 5.74) is 4.65. The minimum Gasteiger partial charge on any atom is -0.483 e. The number of fused-ring (bicyclic) bond motifs is 1. The van der Waals surface area contributed by atoms with Crippen LogP contribution in [0, 0.1) is 0 Å². The number of benzene rings is 3. The predicted molar refractivity (Wildman–Crippen MR) is 109 cm³/mol. The minimum atomic E-state index is -0.312. The molecule has 3 rings (SSSR count). The molecule has 0 spiro atoms. The van der Waals surface area contributed by atoms with Crippen molar-refractivity contribution in [1.29, 1.82) is 0 Å². The van der Waals surface area contributed by atoms with Gasteiger partial charge in [-0.3, -0.25) is 4.79 Å². The number of halogens is 1. The molecule has 0 aliphatic heterocycles. The van der Waals surface area contributed by atoms with Crippen molar-refractivity contribution in [3.8, 4) is 5.75 Å². The predicted octanol–water partition coefficient (Wildman–Crippen LogP) is 4.69. The first-order valence-corrected chi connectivity index (χ1v) is 9.17. The molecule has 4 nitrogen and oxygen atoms in total. The molecule has 1 amide bonds. The molecule has 0 aromatic heterocycles. The molecule has 3 aromatic rings. The summed E-state index contributed by atoms with van der Waals surface area (Å²) in [7, 11) is 0. The highest BCUT2D eigenvalue weighted by Crippen LogP contribution is 2.26. The second-order valence-corrected chi connectivity index (χ2v) is 6.62. The first-order valence-electron chi connectivity index (χ1n) is 8.38. The van der Waals surface area contributed by atoms with Crippen molar-refractivity contribution in [3.63, 3.8) is 0 Å². The van der Waals surface area contributed by atoms with E-state index in [1.54, 1.807) is 6.21 Å². The molecule has 0 unspecified atom stereocenters. The zero-order valence-corrected chi connectivity index (χ0v) is 16.0. The maximum Gasteiger partial charge on any atom is 0.277 e. The van der Waals surface area contributed by atoms with E-state index in [9.17, 15) is 4.79 Å². The highest BCUT2D eigenvalue weighted by atomic mass is 79.9. The smallest absolute Gasteiger partial charge is 0.277 e. The normalized spacial score (nSPS) is 11.0. The van der Waals surface area contributed by atoms with Crippen molar-refractivity contribution in [2.24, 2.45) is 5.10 Å². The number of hydrazone groups is 1. The molecule has 0 bridgehead atoms.